The number of amides is 2. The Labute approximate surface area is 217 Å². The first kappa shape index (κ1) is 27.6. The molecule has 1 heterocycles. The summed E-state index contributed by atoms with van der Waals surface area (Å²) in [6, 6.07) is 10.4. The van der Waals surface area contributed by atoms with Gasteiger partial charge in [-0.05, 0) is 81.6 Å². The van der Waals surface area contributed by atoms with Crippen LogP contribution in [0, 0.1) is 13.8 Å². The SMILES string of the molecule is CCC(C(=O)NC(C)(C)C)N(C(=O)Cn1nnc(-c2ccc(OC)c(OC)c2)n1)c1cc(C)ccc1C. The maximum Gasteiger partial charge on any atom is 0.251 e. The van der Waals surface area contributed by atoms with Crippen LogP contribution in [0.15, 0.2) is 36.4 Å². The van der Waals surface area contributed by atoms with Crippen LogP contribution in [0.3, 0.4) is 0 Å². The lowest BCUT2D eigenvalue weighted by atomic mass is 10.0. The van der Waals surface area contributed by atoms with Crippen LogP contribution in [-0.2, 0) is 16.1 Å². The van der Waals surface area contributed by atoms with Crippen LogP contribution >= 0.6 is 0 Å². The van der Waals surface area contributed by atoms with Crippen LogP contribution in [0.2, 0.25) is 0 Å². The third-order valence-electron chi connectivity index (χ3n) is 5.76. The van der Waals surface area contributed by atoms with Gasteiger partial charge >= 0.3 is 0 Å². The number of rotatable bonds is 9. The molecule has 0 aliphatic heterocycles. The standard InChI is InChI=1S/C27H36N6O4/c1-9-20(26(35)28-27(4,5)6)33(21-14-17(2)10-11-18(21)3)24(34)16-32-30-25(29-31-32)19-12-13-22(36-7)23(15-19)37-8/h10-15,20H,9,16H2,1-8H3,(H,28,35). The minimum absolute atomic E-state index is 0.188. The van der Waals surface area contributed by atoms with E-state index in [0.29, 0.717) is 35.0 Å². The fourth-order valence-corrected chi connectivity index (χ4v) is 3.99. The molecular formula is C27H36N6O4. The van der Waals surface area contributed by atoms with Crippen molar-refractivity contribution in [2.75, 3.05) is 19.1 Å². The lowest BCUT2D eigenvalue weighted by Crippen LogP contribution is -2.54. The number of aryl methyl sites for hydroxylation is 2. The highest BCUT2D eigenvalue weighted by Crippen LogP contribution is 2.31. The first-order valence-electron chi connectivity index (χ1n) is 12.2. The topological polar surface area (TPSA) is 111 Å². The smallest absolute Gasteiger partial charge is 0.251 e. The second-order valence-electron chi connectivity index (χ2n) is 9.93. The largest absolute Gasteiger partial charge is 0.493 e. The summed E-state index contributed by atoms with van der Waals surface area (Å²) in [5, 5.41) is 15.6. The first-order valence-corrected chi connectivity index (χ1v) is 12.2. The first-order chi connectivity index (χ1) is 17.5. The van der Waals surface area contributed by atoms with E-state index >= 15 is 0 Å². The summed E-state index contributed by atoms with van der Waals surface area (Å²) in [6.45, 7) is 11.3. The molecule has 10 heteroatoms. The summed E-state index contributed by atoms with van der Waals surface area (Å²) in [5.74, 6) is 0.911. The molecule has 0 saturated carbocycles. The number of benzene rings is 2. The molecule has 37 heavy (non-hydrogen) atoms. The maximum absolute atomic E-state index is 13.8. The van der Waals surface area contributed by atoms with Crippen molar-refractivity contribution >= 4 is 17.5 Å². The molecule has 0 spiro atoms. The van der Waals surface area contributed by atoms with Crippen molar-refractivity contribution in [1.29, 1.82) is 0 Å². The van der Waals surface area contributed by atoms with E-state index in [9.17, 15) is 9.59 Å². The number of ether oxygens (including phenoxy) is 2. The minimum atomic E-state index is -0.707. The molecule has 3 rings (SSSR count). The zero-order valence-corrected chi connectivity index (χ0v) is 22.8. The Morgan fingerprint density at radius 1 is 1.05 bits per heavy atom. The van der Waals surface area contributed by atoms with Crippen LogP contribution in [0.1, 0.15) is 45.2 Å². The molecule has 3 aromatic rings. The summed E-state index contributed by atoms with van der Waals surface area (Å²) >= 11 is 0. The van der Waals surface area contributed by atoms with Crippen LogP contribution in [0.4, 0.5) is 5.69 Å². The Balaban J connectivity index is 1.94. The number of anilines is 1. The van der Waals surface area contributed by atoms with E-state index in [4.69, 9.17) is 9.47 Å². The molecule has 1 unspecified atom stereocenters. The van der Waals surface area contributed by atoms with Gasteiger partial charge in [0.15, 0.2) is 11.5 Å². The number of carbonyl (C=O) groups is 2. The van der Waals surface area contributed by atoms with E-state index in [-0.39, 0.29) is 18.4 Å². The van der Waals surface area contributed by atoms with Gasteiger partial charge in [-0.2, -0.15) is 4.80 Å². The van der Waals surface area contributed by atoms with E-state index in [1.165, 1.54) is 4.80 Å². The van der Waals surface area contributed by atoms with Crippen molar-refractivity contribution in [1.82, 2.24) is 25.5 Å². The summed E-state index contributed by atoms with van der Waals surface area (Å²) in [4.78, 5) is 29.8. The second-order valence-corrected chi connectivity index (χ2v) is 9.93. The molecule has 10 nitrogen and oxygen atoms in total. The number of hydrogen-bond donors (Lipinski definition) is 1. The van der Waals surface area contributed by atoms with Gasteiger partial charge in [-0.3, -0.25) is 14.5 Å². The van der Waals surface area contributed by atoms with Gasteiger partial charge in [-0.15, -0.1) is 10.2 Å². The molecule has 0 saturated heterocycles. The lowest BCUT2D eigenvalue weighted by molar-refractivity contribution is -0.128. The zero-order chi connectivity index (χ0) is 27.3. The number of aromatic nitrogens is 4. The summed E-state index contributed by atoms with van der Waals surface area (Å²) < 4.78 is 10.6. The van der Waals surface area contributed by atoms with E-state index < -0.39 is 11.6 Å². The van der Waals surface area contributed by atoms with Crippen LogP contribution < -0.4 is 19.7 Å². The van der Waals surface area contributed by atoms with E-state index in [1.54, 1.807) is 37.3 Å². The van der Waals surface area contributed by atoms with Gasteiger partial charge in [0, 0.05) is 16.8 Å². The molecule has 198 valence electrons. The Kier molecular flexibility index (Phi) is 8.52. The Bertz CT molecular complexity index is 1260. The highest BCUT2D eigenvalue weighted by atomic mass is 16.5. The van der Waals surface area contributed by atoms with Crippen molar-refractivity contribution in [2.24, 2.45) is 0 Å². The molecule has 2 aromatic carbocycles. The van der Waals surface area contributed by atoms with Crippen molar-refractivity contribution in [2.45, 2.75) is 66.1 Å². The summed E-state index contributed by atoms with van der Waals surface area (Å²) in [5.41, 5.74) is 2.78. The molecule has 0 radical (unpaired) electrons. The van der Waals surface area contributed by atoms with E-state index in [1.807, 2.05) is 59.7 Å². The van der Waals surface area contributed by atoms with E-state index in [0.717, 1.165) is 11.1 Å². The number of methoxy groups -OCH3 is 2. The van der Waals surface area contributed by atoms with Gasteiger partial charge in [0.2, 0.25) is 11.7 Å². The van der Waals surface area contributed by atoms with Crippen molar-refractivity contribution in [3.8, 4) is 22.9 Å². The molecule has 0 fully saturated rings. The van der Waals surface area contributed by atoms with Gasteiger partial charge in [0.05, 0.1) is 14.2 Å². The minimum Gasteiger partial charge on any atom is -0.493 e. The predicted octanol–water partition coefficient (Wildman–Crippen LogP) is 3.70. The highest BCUT2D eigenvalue weighted by molar-refractivity contribution is 6.01. The van der Waals surface area contributed by atoms with Gasteiger partial charge in [0.25, 0.3) is 5.91 Å². The maximum atomic E-state index is 13.8. The number of carbonyl (C=O) groups excluding carboxylic acids is 2. The normalized spacial score (nSPS) is 12.1. The Morgan fingerprint density at radius 3 is 2.38 bits per heavy atom. The van der Waals surface area contributed by atoms with E-state index in [2.05, 4.69) is 20.7 Å². The number of tetrazole rings is 1. The van der Waals surface area contributed by atoms with Crippen molar-refractivity contribution in [3.63, 3.8) is 0 Å². The highest BCUT2D eigenvalue weighted by Gasteiger charge is 2.33. The molecule has 2 amide bonds. The second kappa shape index (κ2) is 11.4. The zero-order valence-electron chi connectivity index (χ0n) is 22.8. The molecule has 1 atom stereocenters. The Hall–Kier alpha value is -3.95. The number of nitrogens with one attached hydrogen (secondary N) is 1. The van der Waals surface area contributed by atoms with Crippen molar-refractivity contribution < 1.29 is 19.1 Å². The molecule has 1 aromatic heterocycles. The number of nitrogens with zero attached hydrogens (tertiary/aromatic N) is 5. The fraction of sp³-hybridized carbons (Fsp3) is 0.444. The molecule has 0 aliphatic rings. The average molecular weight is 509 g/mol. The molecular weight excluding hydrogens is 472 g/mol. The lowest BCUT2D eigenvalue weighted by Gasteiger charge is -2.33. The summed E-state index contributed by atoms with van der Waals surface area (Å²) in [6.07, 6.45) is 0.433. The van der Waals surface area contributed by atoms with Crippen LogP contribution in [0.25, 0.3) is 11.4 Å². The quantitative estimate of drug-likeness (QED) is 0.469. The molecule has 0 bridgehead atoms. The number of hydrogen-bond acceptors (Lipinski definition) is 7. The van der Waals surface area contributed by atoms with Crippen LogP contribution in [0.5, 0.6) is 11.5 Å². The molecule has 1 N–H and O–H groups in total. The van der Waals surface area contributed by atoms with Gasteiger partial charge in [0.1, 0.15) is 12.6 Å². The van der Waals surface area contributed by atoms with Gasteiger partial charge in [-0.1, -0.05) is 19.1 Å². The Morgan fingerprint density at radius 2 is 1.76 bits per heavy atom. The third kappa shape index (κ3) is 6.63. The monoisotopic (exact) mass is 508 g/mol. The van der Waals surface area contributed by atoms with Gasteiger partial charge < -0.3 is 14.8 Å². The van der Waals surface area contributed by atoms with Gasteiger partial charge in [-0.25, -0.2) is 0 Å². The average Bonchev–Trinajstić information content (AvgIpc) is 3.30. The summed E-state index contributed by atoms with van der Waals surface area (Å²) in [7, 11) is 3.11. The third-order valence-corrected chi connectivity index (χ3v) is 5.76. The van der Waals surface area contributed by atoms with Crippen molar-refractivity contribution in [3.05, 3.63) is 47.5 Å². The molecule has 0 aliphatic carbocycles. The fourth-order valence-electron chi connectivity index (χ4n) is 3.99. The predicted molar refractivity (Wildman–Crippen MR) is 142 cm³/mol. The van der Waals surface area contributed by atoms with Crippen LogP contribution in [-0.4, -0.2) is 57.8 Å².